The van der Waals surface area contributed by atoms with Crippen LogP contribution >= 0.6 is 11.6 Å². The van der Waals surface area contributed by atoms with Crippen LogP contribution in [0.1, 0.15) is 11.4 Å². The number of aromatic amines is 1. The van der Waals surface area contributed by atoms with Crippen molar-refractivity contribution in [3.8, 4) is 11.1 Å². The Hall–Kier alpha value is -2.67. The Morgan fingerprint density at radius 2 is 1.79 bits per heavy atom. The minimum absolute atomic E-state index is 0.107. The first kappa shape index (κ1) is 18.7. The van der Waals surface area contributed by atoms with Gasteiger partial charge in [-0.3, -0.25) is 0 Å². The molecule has 0 saturated heterocycles. The molecule has 5 nitrogen and oxygen atoms in total. The van der Waals surface area contributed by atoms with Gasteiger partial charge in [-0.2, -0.15) is 0 Å². The van der Waals surface area contributed by atoms with Gasteiger partial charge in [0.2, 0.25) is 10.0 Å². The number of aryl methyl sites for hydroxylation is 2. The number of hydrogen-bond donors (Lipinski definition) is 2. The van der Waals surface area contributed by atoms with Crippen LogP contribution in [0.4, 0.5) is 0 Å². The number of nitrogens with zero attached hydrogens (tertiary/aromatic N) is 1. The number of hydrogen-bond acceptors (Lipinski definition) is 3. The molecular weight excluding hydrogens is 394 g/mol. The lowest BCUT2D eigenvalue weighted by atomic mass is 10.1. The fourth-order valence-corrected chi connectivity index (χ4v) is 4.23. The second-order valence-corrected chi connectivity index (χ2v) is 8.55. The van der Waals surface area contributed by atoms with E-state index < -0.39 is 10.0 Å². The lowest BCUT2D eigenvalue weighted by Crippen LogP contribution is -2.13. The Morgan fingerprint density at radius 1 is 0.964 bits per heavy atom. The molecule has 3 N–H and O–H groups in total. The molecule has 0 bridgehead atoms. The molecular formula is C21H18ClN3O2S. The molecule has 1 aromatic heterocycles. The van der Waals surface area contributed by atoms with Gasteiger partial charge in [0.1, 0.15) is 5.82 Å². The highest BCUT2D eigenvalue weighted by atomic mass is 35.5. The van der Waals surface area contributed by atoms with E-state index in [2.05, 4.69) is 9.97 Å². The normalized spacial score (nSPS) is 11.8. The molecule has 7 heteroatoms. The van der Waals surface area contributed by atoms with Gasteiger partial charge in [-0.1, -0.05) is 48.0 Å². The largest absolute Gasteiger partial charge is 0.342 e. The van der Waals surface area contributed by atoms with E-state index in [-0.39, 0.29) is 4.90 Å². The van der Waals surface area contributed by atoms with Crippen molar-refractivity contribution in [2.75, 3.05) is 0 Å². The lowest BCUT2D eigenvalue weighted by molar-refractivity contribution is 0.598. The summed E-state index contributed by atoms with van der Waals surface area (Å²) in [5.74, 6) is 0.867. The second kappa shape index (κ2) is 7.39. The molecule has 0 aliphatic heterocycles. The number of sulfonamides is 1. The molecule has 3 aromatic carbocycles. The molecule has 0 spiro atoms. The van der Waals surface area contributed by atoms with Crippen LogP contribution in [0.2, 0.25) is 5.02 Å². The summed E-state index contributed by atoms with van der Waals surface area (Å²) in [6.07, 6.45) is 1.57. The first-order valence-corrected chi connectivity index (χ1v) is 10.7. The molecule has 0 saturated carbocycles. The zero-order valence-corrected chi connectivity index (χ0v) is 16.5. The summed E-state index contributed by atoms with van der Waals surface area (Å²) < 4.78 is 23.8. The predicted octanol–water partition coefficient (Wildman–Crippen LogP) is 4.32. The Kier molecular flexibility index (Phi) is 4.93. The van der Waals surface area contributed by atoms with Crippen molar-refractivity contribution in [2.24, 2.45) is 5.14 Å². The topological polar surface area (TPSA) is 88.8 Å². The van der Waals surface area contributed by atoms with Gasteiger partial charge in [0, 0.05) is 17.0 Å². The average Bonchev–Trinajstić information content (AvgIpc) is 3.08. The Bertz CT molecular complexity index is 1270. The maximum atomic E-state index is 11.9. The van der Waals surface area contributed by atoms with Gasteiger partial charge in [-0.05, 0) is 47.9 Å². The number of aromatic nitrogens is 2. The van der Waals surface area contributed by atoms with Crippen molar-refractivity contribution in [2.45, 2.75) is 17.7 Å². The fraction of sp³-hybridized carbons (Fsp3) is 0.0952. The smallest absolute Gasteiger partial charge is 0.238 e. The van der Waals surface area contributed by atoms with Crippen molar-refractivity contribution in [3.05, 3.63) is 83.1 Å². The van der Waals surface area contributed by atoms with Gasteiger partial charge < -0.3 is 4.98 Å². The van der Waals surface area contributed by atoms with Crippen LogP contribution in [0.25, 0.3) is 22.2 Å². The van der Waals surface area contributed by atoms with Crippen LogP contribution < -0.4 is 5.14 Å². The number of nitrogens with one attached hydrogen (secondary N) is 1. The monoisotopic (exact) mass is 411 g/mol. The third-order valence-electron chi connectivity index (χ3n) is 4.58. The number of H-pyrrole nitrogens is 1. The molecule has 1 heterocycles. The molecule has 4 rings (SSSR count). The zero-order valence-electron chi connectivity index (χ0n) is 14.9. The summed E-state index contributed by atoms with van der Waals surface area (Å²) in [6.45, 7) is 0. The van der Waals surface area contributed by atoms with Gasteiger partial charge >= 0.3 is 0 Å². The molecule has 0 atom stereocenters. The molecule has 0 unspecified atom stereocenters. The Balaban J connectivity index is 1.64. The van der Waals surface area contributed by atoms with Gasteiger partial charge in [-0.15, -0.1) is 0 Å². The number of nitrogens with two attached hydrogens (primary N) is 1. The van der Waals surface area contributed by atoms with E-state index in [4.69, 9.17) is 16.7 Å². The van der Waals surface area contributed by atoms with Crippen molar-refractivity contribution >= 4 is 32.7 Å². The third kappa shape index (κ3) is 3.94. The van der Waals surface area contributed by atoms with E-state index in [1.807, 2.05) is 42.5 Å². The predicted molar refractivity (Wildman–Crippen MR) is 112 cm³/mol. The number of fused-ring (bicyclic) bond motifs is 1. The summed E-state index contributed by atoms with van der Waals surface area (Å²) in [7, 11) is -3.81. The van der Waals surface area contributed by atoms with E-state index in [1.54, 1.807) is 18.2 Å². The van der Waals surface area contributed by atoms with Gasteiger partial charge in [0.25, 0.3) is 0 Å². The second-order valence-electron chi connectivity index (χ2n) is 6.59. The van der Waals surface area contributed by atoms with E-state index >= 15 is 0 Å². The summed E-state index contributed by atoms with van der Waals surface area (Å²) in [6, 6.07) is 20.1. The van der Waals surface area contributed by atoms with E-state index in [0.717, 1.165) is 45.8 Å². The highest BCUT2D eigenvalue weighted by molar-refractivity contribution is 7.89. The van der Waals surface area contributed by atoms with E-state index in [0.29, 0.717) is 5.56 Å². The maximum absolute atomic E-state index is 11.9. The fourth-order valence-electron chi connectivity index (χ4n) is 3.26. The quantitative estimate of drug-likeness (QED) is 0.512. The van der Waals surface area contributed by atoms with Crippen molar-refractivity contribution < 1.29 is 8.42 Å². The standard InChI is InChI=1S/C21H18ClN3O2S/c22-16-5-3-4-14(12-16)8-11-21-24-18-10-9-15(13-19(18)25-21)17-6-1-2-7-20(17)28(23,26)27/h1-7,9-10,12-13H,8,11H2,(H,24,25)(H2,23,26,27). The minimum atomic E-state index is -3.81. The Morgan fingerprint density at radius 3 is 2.57 bits per heavy atom. The zero-order chi connectivity index (χ0) is 19.7. The molecule has 0 fully saturated rings. The molecule has 4 aromatic rings. The summed E-state index contributed by atoms with van der Waals surface area (Å²) in [5, 5.41) is 6.08. The van der Waals surface area contributed by atoms with Crippen molar-refractivity contribution in [1.29, 1.82) is 0 Å². The highest BCUT2D eigenvalue weighted by Gasteiger charge is 2.15. The molecule has 0 amide bonds. The highest BCUT2D eigenvalue weighted by Crippen LogP contribution is 2.28. The summed E-state index contributed by atoms with van der Waals surface area (Å²) in [4.78, 5) is 8.06. The van der Waals surface area contributed by atoms with Crippen molar-refractivity contribution in [3.63, 3.8) is 0 Å². The Labute approximate surface area is 168 Å². The third-order valence-corrected chi connectivity index (χ3v) is 5.78. The first-order chi connectivity index (χ1) is 13.4. The van der Waals surface area contributed by atoms with Crippen LogP contribution in [-0.2, 0) is 22.9 Å². The summed E-state index contributed by atoms with van der Waals surface area (Å²) in [5.41, 5.74) is 4.17. The lowest BCUT2D eigenvalue weighted by Gasteiger charge is -2.07. The van der Waals surface area contributed by atoms with Crippen LogP contribution in [0.3, 0.4) is 0 Å². The van der Waals surface area contributed by atoms with Gasteiger partial charge in [0.15, 0.2) is 0 Å². The van der Waals surface area contributed by atoms with Gasteiger partial charge in [-0.25, -0.2) is 18.5 Å². The molecule has 0 aliphatic carbocycles. The van der Waals surface area contributed by atoms with Gasteiger partial charge in [0.05, 0.1) is 15.9 Å². The van der Waals surface area contributed by atoms with Crippen LogP contribution in [0, 0.1) is 0 Å². The number of benzene rings is 3. The molecule has 142 valence electrons. The number of halogens is 1. The molecule has 0 aliphatic rings. The first-order valence-electron chi connectivity index (χ1n) is 8.75. The molecule has 0 radical (unpaired) electrons. The van der Waals surface area contributed by atoms with E-state index in [1.165, 1.54) is 6.07 Å². The number of rotatable bonds is 5. The van der Waals surface area contributed by atoms with Crippen molar-refractivity contribution in [1.82, 2.24) is 9.97 Å². The number of imidazole rings is 1. The number of primary sulfonamides is 1. The van der Waals surface area contributed by atoms with Crippen LogP contribution in [-0.4, -0.2) is 18.4 Å². The van der Waals surface area contributed by atoms with Crippen LogP contribution in [0.5, 0.6) is 0 Å². The molecule has 28 heavy (non-hydrogen) atoms. The van der Waals surface area contributed by atoms with Crippen LogP contribution in [0.15, 0.2) is 71.6 Å². The summed E-state index contributed by atoms with van der Waals surface area (Å²) >= 11 is 6.04. The van der Waals surface area contributed by atoms with E-state index in [9.17, 15) is 8.42 Å². The maximum Gasteiger partial charge on any atom is 0.238 e. The minimum Gasteiger partial charge on any atom is -0.342 e. The average molecular weight is 412 g/mol. The SMILES string of the molecule is NS(=O)(=O)c1ccccc1-c1ccc2nc(CCc3cccc(Cl)c3)[nH]c2c1.